The number of ether oxygens (including phenoxy) is 1. The van der Waals surface area contributed by atoms with Gasteiger partial charge in [-0.3, -0.25) is 4.79 Å². The zero-order chi connectivity index (χ0) is 27.3. The standard InChI is InChI=1S/C36H64O2/c1-7-8-9-10-11-12-16-34(37)38-29-21-23-35(5)28(25-29)17-18-30-32-20-19-31(27(4)15-13-14-26(2)3)36(32,6)24-22-33(30)35/h26-33H,7-25H2,1-6H3/t27-,28?,29+,30+,31-,32+,33+,35+,36-/m1/s1. The highest BCUT2D eigenvalue weighted by Gasteiger charge is 2.60. The van der Waals surface area contributed by atoms with Gasteiger partial charge in [-0.1, -0.05) is 92.9 Å². The Kier molecular flexibility index (Phi) is 10.7. The molecule has 9 atom stereocenters. The van der Waals surface area contributed by atoms with Gasteiger partial charge < -0.3 is 4.74 Å². The number of unbranched alkanes of at least 4 members (excludes halogenated alkanes) is 5. The maximum absolute atomic E-state index is 12.6. The SMILES string of the molecule is CCCCCCCCC(=O)O[C@H]1CC[C@@]2(C)C(CC[C@H]3[C@@H]4CC[C@H]([C@H](C)CCCC(C)C)[C@@]4(C)CC[C@@H]32)C1. The van der Waals surface area contributed by atoms with Crippen LogP contribution in [0.5, 0.6) is 0 Å². The number of carbonyl (C=O) groups is 1. The molecule has 0 saturated heterocycles. The Labute approximate surface area is 237 Å². The van der Waals surface area contributed by atoms with Gasteiger partial charge in [-0.25, -0.2) is 0 Å². The van der Waals surface area contributed by atoms with Crippen molar-refractivity contribution in [2.45, 2.75) is 170 Å². The van der Waals surface area contributed by atoms with Gasteiger partial charge >= 0.3 is 5.97 Å². The molecule has 0 radical (unpaired) electrons. The average molecular weight is 529 g/mol. The number of esters is 1. The number of hydrogen-bond acceptors (Lipinski definition) is 2. The maximum Gasteiger partial charge on any atom is 0.306 e. The van der Waals surface area contributed by atoms with E-state index in [1.54, 1.807) is 0 Å². The minimum atomic E-state index is 0.0794. The van der Waals surface area contributed by atoms with E-state index in [1.807, 2.05) is 0 Å². The lowest BCUT2D eigenvalue weighted by Gasteiger charge is -2.61. The van der Waals surface area contributed by atoms with Crippen molar-refractivity contribution in [2.24, 2.45) is 52.3 Å². The van der Waals surface area contributed by atoms with Gasteiger partial charge in [-0.2, -0.15) is 0 Å². The van der Waals surface area contributed by atoms with Crippen molar-refractivity contribution in [3.63, 3.8) is 0 Å². The zero-order valence-corrected chi connectivity index (χ0v) is 26.4. The van der Waals surface area contributed by atoms with Gasteiger partial charge in [0.1, 0.15) is 6.10 Å². The van der Waals surface area contributed by atoms with Gasteiger partial charge in [0, 0.05) is 6.42 Å². The first-order chi connectivity index (χ1) is 18.2. The number of rotatable bonds is 13. The normalized spacial score (nSPS) is 39.3. The summed E-state index contributed by atoms with van der Waals surface area (Å²) in [5, 5.41) is 0. The molecule has 0 aromatic rings. The highest BCUT2D eigenvalue weighted by atomic mass is 16.5. The smallest absolute Gasteiger partial charge is 0.306 e. The second-order valence-electron chi connectivity index (χ2n) is 15.6. The van der Waals surface area contributed by atoms with Crippen molar-refractivity contribution in [1.29, 1.82) is 0 Å². The molecule has 0 aliphatic heterocycles. The molecule has 0 amide bonds. The van der Waals surface area contributed by atoms with Crippen LogP contribution in [-0.4, -0.2) is 12.1 Å². The molecule has 4 aliphatic carbocycles. The molecule has 0 aromatic carbocycles. The minimum absolute atomic E-state index is 0.0794. The second-order valence-corrected chi connectivity index (χ2v) is 15.6. The van der Waals surface area contributed by atoms with E-state index >= 15 is 0 Å². The summed E-state index contributed by atoms with van der Waals surface area (Å²) in [5.74, 6) is 6.37. The third-order valence-corrected chi connectivity index (χ3v) is 12.9. The second kappa shape index (κ2) is 13.4. The van der Waals surface area contributed by atoms with E-state index in [0.717, 1.165) is 60.7 Å². The molecular weight excluding hydrogens is 464 g/mol. The fraction of sp³-hybridized carbons (Fsp3) is 0.972. The van der Waals surface area contributed by atoms with Gasteiger partial charge in [0.05, 0.1) is 0 Å². The molecule has 0 aromatic heterocycles. The Morgan fingerprint density at radius 3 is 2.26 bits per heavy atom. The van der Waals surface area contributed by atoms with Crippen molar-refractivity contribution in [2.75, 3.05) is 0 Å². The quantitative estimate of drug-likeness (QED) is 0.175. The Morgan fingerprint density at radius 2 is 1.50 bits per heavy atom. The van der Waals surface area contributed by atoms with Crippen LogP contribution in [0.15, 0.2) is 0 Å². The number of hydrogen-bond donors (Lipinski definition) is 0. The third kappa shape index (κ3) is 6.67. The Balaban J connectivity index is 1.28. The molecule has 4 saturated carbocycles. The van der Waals surface area contributed by atoms with E-state index in [9.17, 15) is 4.79 Å². The molecule has 2 nitrogen and oxygen atoms in total. The van der Waals surface area contributed by atoms with E-state index < -0.39 is 0 Å². The van der Waals surface area contributed by atoms with Crippen molar-refractivity contribution in [3.05, 3.63) is 0 Å². The highest BCUT2D eigenvalue weighted by molar-refractivity contribution is 5.69. The average Bonchev–Trinajstić information content (AvgIpc) is 3.23. The summed E-state index contributed by atoms with van der Waals surface area (Å²) in [7, 11) is 0. The van der Waals surface area contributed by atoms with Gasteiger partial charge in [0.25, 0.3) is 0 Å². The van der Waals surface area contributed by atoms with Gasteiger partial charge in [-0.05, 0) is 116 Å². The van der Waals surface area contributed by atoms with Crippen LogP contribution >= 0.6 is 0 Å². The monoisotopic (exact) mass is 528 g/mol. The first kappa shape index (κ1) is 30.4. The fourth-order valence-electron chi connectivity index (χ4n) is 10.6. The summed E-state index contributed by atoms with van der Waals surface area (Å²) < 4.78 is 6.08. The Bertz CT molecular complexity index is 744. The van der Waals surface area contributed by atoms with E-state index in [2.05, 4.69) is 41.5 Å². The lowest BCUT2D eigenvalue weighted by molar-refractivity contribution is -0.162. The predicted octanol–water partition coefficient (Wildman–Crippen LogP) is 10.8. The summed E-state index contributed by atoms with van der Waals surface area (Å²) in [5.41, 5.74) is 1.07. The molecule has 0 N–H and O–H groups in total. The maximum atomic E-state index is 12.6. The zero-order valence-electron chi connectivity index (χ0n) is 26.4. The fourth-order valence-corrected chi connectivity index (χ4v) is 10.6. The molecule has 4 fully saturated rings. The highest BCUT2D eigenvalue weighted by Crippen LogP contribution is 2.68. The van der Waals surface area contributed by atoms with Crippen LogP contribution in [0, 0.1) is 52.3 Å². The van der Waals surface area contributed by atoms with Crippen LogP contribution in [-0.2, 0) is 9.53 Å². The first-order valence-electron chi connectivity index (χ1n) is 17.4. The minimum Gasteiger partial charge on any atom is -0.462 e. The van der Waals surface area contributed by atoms with Gasteiger partial charge in [0.15, 0.2) is 0 Å². The van der Waals surface area contributed by atoms with Crippen molar-refractivity contribution in [3.8, 4) is 0 Å². The molecular formula is C36H64O2. The van der Waals surface area contributed by atoms with Crippen LogP contribution in [0.25, 0.3) is 0 Å². The molecule has 0 spiro atoms. The molecule has 38 heavy (non-hydrogen) atoms. The lowest BCUT2D eigenvalue weighted by atomic mass is 9.44. The van der Waals surface area contributed by atoms with Crippen LogP contribution in [0.4, 0.5) is 0 Å². The first-order valence-corrected chi connectivity index (χ1v) is 17.4. The van der Waals surface area contributed by atoms with Crippen molar-refractivity contribution < 1.29 is 9.53 Å². The number of fused-ring (bicyclic) bond motifs is 5. The molecule has 220 valence electrons. The van der Waals surface area contributed by atoms with Crippen LogP contribution < -0.4 is 0 Å². The molecule has 4 aliphatic rings. The molecule has 2 heteroatoms. The summed E-state index contributed by atoms with van der Waals surface area (Å²) >= 11 is 0. The summed E-state index contributed by atoms with van der Waals surface area (Å²) in [6.07, 6.45) is 24.7. The van der Waals surface area contributed by atoms with Crippen molar-refractivity contribution >= 4 is 5.97 Å². The lowest BCUT2D eigenvalue weighted by Crippen LogP contribution is -2.54. The van der Waals surface area contributed by atoms with E-state index in [0.29, 0.717) is 17.3 Å². The molecule has 1 unspecified atom stereocenters. The summed E-state index contributed by atoms with van der Waals surface area (Å²) in [6, 6.07) is 0. The summed E-state index contributed by atoms with van der Waals surface area (Å²) in [4.78, 5) is 12.6. The van der Waals surface area contributed by atoms with Crippen LogP contribution in [0.3, 0.4) is 0 Å². The van der Waals surface area contributed by atoms with Crippen LogP contribution in [0.1, 0.15) is 164 Å². The van der Waals surface area contributed by atoms with Gasteiger partial charge in [0.2, 0.25) is 0 Å². The molecule has 0 heterocycles. The Morgan fingerprint density at radius 1 is 0.789 bits per heavy atom. The third-order valence-electron chi connectivity index (χ3n) is 12.9. The summed E-state index contributed by atoms with van der Waals surface area (Å²) in [6.45, 7) is 15.0. The predicted molar refractivity (Wildman–Crippen MR) is 161 cm³/mol. The Hall–Kier alpha value is -0.530. The van der Waals surface area contributed by atoms with E-state index in [1.165, 1.54) is 96.3 Å². The van der Waals surface area contributed by atoms with Crippen molar-refractivity contribution in [1.82, 2.24) is 0 Å². The topological polar surface area (TPSA) is 26.3 Å². The molecule has 0 bridgehead atoms. The van der Waals surface area contributed by atoms with E-state index in [-0.39, 0.29) is 12.1 Å². The van der Waals surface area contributed by atoms with Crippen LogP contribution in [0.2, 0.25) is 0 Å². The number of carbonyl (C=O) groups excluding carboxylic acids is 1. The van der Waals surface area contributed by atoms with E-state index in [4.69, 9.17) is 4.74 Å². The molecule has 4 rings (SSSR count). The van der Waals surface area contributed by atoms with Gasteiger partial charge in [-0.15, -0.1) is 0 Å². The largest absolute Gasteiger partial charge is 0.462 e.